The van der Waals surface area contributed by atoms with E-state index in [4.69, 9.17) is 18.9 Å². The van der Waals surface area contributed by atoms with E-state index in [-0.39, 0.29) is 22.9 Å². The molecule has 11 nitrogen and oxygen atoms in total. The molecular weight excluding hydrogens is 550 g/mol. The maximum absolute atomic E-state index is 13.6. The summed E-state index contributed by atoms with van der Waals surface area (Å²) in [5.74, 6) is -0.0586. The van der Waals surface area contributed by atoms with Gasteiger partial charge in [0.2, 0.25) is 0 Å². The molecule has 3 aromatic carbocycles. The number of hydrogen-bond acceptors (Lipinski definition) is 9. The molecule has 0 unspecified atom stereocenters. The van der Waals surface area contributed by atoms with Gasteiger partial charge in [-0.2, -0.15) is 5.10 Å². The molecule has 0 aliphatic heterocycles. The summed E-state index contributed by atoms with van der Waals surface area (Å²) in [6, 6.07) is 19.0. The Bertz CT molecular complexity index is 1470. The van der Waals surface area contributed by atoms with Gasteiger partial charge in [-0.25, -0.2) is 18.6 Å². The first-order chi connectivity index (χ1) is 19.4. The van der Waals surface area contributed by atoms with E-state index in [1.54, 1.807) is 69.3 Å². The van der Waals surface area contributed by atoms with Crippen molar-refractivity contribution in [3.63, 3.8) is 0 Å². The Morgan fingerprint density at radius 3 is 2.20 bits per heavy atom. The average molecular weight is 584 g/mol. The van der Waals surface area contributed by atoms with Gasteiger partial charge in [-0.15, -0.1) is 0 Å². The third-order valence-corrected chi connectivity index (χ3v) is 7.11. The lowest BCUT2D eigenvalue weighted by atomic mass is 10.2. The molecule has 1 N–H and O–H groups in total. The topological polar surface area (TPSA) is 133 Å². The van der Waals surface area contributed by atoms with Crippen molar-refractivity contribution in [2.45, 2.75) is 31.3 Å². The van der Waals surface area contributed by atoms with Crippen LogP contribution >= 0.6 is 0 Å². The summed E-state index contributed by atoms with van der Waals surface area (Å²) < 4.78 is 49.3. The van der Waals surface area contributed by atoms with E-state index < -0.39 is 34.0 Å². The molecule has 0 saturated heterocycles. The van der Waals surface area contributed by atoms with E-state index in [2.05, 4.69) is 10.5 Å². The van der Waals surface area contributed by atoms with Gasteiger partial charge in [0.1, 0.15) is 29.4 Å². The van der Waals surface area contributed by atoms with E-state index in [9.17, 15) is 18.0 Å². The molecule has 0 bridgehead atoms. The number of rotatable bonds is 12. The van der Waals surface area contributed by atoms with Crippen molar-refractivity contribution in [1.82, 2.24) is 5.43 Å². The summed E-state index contributed by atoms with van der Waals surface area (Å²) in [4.78, 5) is 24.7. The number of nitrogens with zero attached hydrogens (tertiary/aromatic N) is 2. The molecule has 0 aliphatic rings. The van der Waals surface area contributed by atoms with Crippen LogP contribution < -0.4 is 23.9 Å². The van der Waals surface area contributed by atoms with Crippen LogP contribution in [0.5, 0.6) is 17.2 Å². The van der Waals surface area contributed by atoms with Gasteiger partial charge in [-0.05, 0) is 74.9 Å². The predicted octanol–water partition coefficient (Wildman–Crippen LogP) is 3.77. The Morgan fingerprint density at radius 2 is 1.59 bits per heavy atom. The van der Waals surface area contributed by atoms with Gasteiger partial charge >= 0.3 is 5.97 Å². The van der Waals surface area contributed by atoms with Gasteiger partial charge < -0.3 is 18.9 Å². The highest BCUT2D eigenvalue weighted by molar-refractivity contribution is 7.92. The molecule has 0 atom stereocenters. The highest BCUT2D eigenvalue weighted by atomic mass is 32.2. The average Bonchev–Trinajstić information content (AvgIpc) is 2.94. The Hall–Kier alpha value is -4.58. The fraction of sp³-hybridized carbons (Fsp3) is 0.276. The molecule has 3 aromatic rings. The number of nitrogens with one attached hydrogen (secondary N) is 1. The maximum atomic E-state index is 13.6. The summed E-state index contributed by atoms with van der Waals surface area (Å²) in [5.41, 5.74) is 2.53. The van der Waals surface area contributed by atoms with Gasteiger partial charge in [-0.1, -0.05) is 18.2 Å². The first kappa shape index (κ1) is 31.0. The van der Waals surface area contributed by atoms with Crippen LogP contribution in [0.4, 0.5) is 5.69 Å². The van der Waals surface area contributed by atoms with Crippen LogP contribution in [0.15, 0.2) is 82.8 Å². The van der Waals surface area contributed by atoms with Crippen molar-refractivity contribution < 1.29 is 37.0 Å². The fourth-order valence-corrected chi connectivity index (χ4v) is 4.97. The van der Waals surface area contributed by atoms with E-state index in [0.717, 1.165) is 4.31 Å². The molecule has 218 valence electrons. The van der Waals surface area contributed by atoms with Crippen molar-refractivity contribution in [2.24, 2.45) is 5.10 Å². The second kappa shape index (κ2) is 13.7. The first-order valence-electron chi connectivity index (χ1n) is 12.5. The lowest BCUT2D eigenvalue weighted by Crippen LogP contribution is -2.39. The van der Waals surface area contributed by atoms with E-state index in [1.807, 2.05) is 0 Å². The Balaban J connectivity index is 1.71. The van der Waals surface area contributed by atoms with Gasteiger partial charge in [-0.3, -0.25) is 9.10 Å². The lowest BCUT2D eigenvalue weighted by Gasteiger charge is -2.25. The Kier molecular flexibility index (Phi) is 10.3. The van der Waals surface area contributed by atoms with Crippen LogP contribution in [-0.2, 0) is 24.3 Å². The largest absolute Gasteiger partial charge is 0.497 e. The number of hydrogen-bond donors (Lipinski definition) is 1. The van der Waals surface area contributed by atoms with Crippen LogP contribution in [0.3, 0.4) is 0 Å². The minimum atomic E-state index is -4.15. The Morgan fingerprint density at radius 1 is 0.927 bits per heavy atom. The fourth-order valence-electron chi connectivity index (χ4n) is 3.52. The zero-order valence-corrected chi connectivity index (χ0v) is 24.3. The van der Waals surface area contributed by atoms with Gasteiger partial charge in [0.05, 0.1) is 31.0 Å². The van der Waals surface area contributed by atoms with Crippen LogP contribution in [-0.4, -0.2) is 59.5 Å². The molecule has 0 heterocycles. The van der Waals surface area contributed by atoms with Gasteiger partial charge in [0.15, 0.2) is 6.61 Å². The molecule has 0 saturated carbocycles. The molecule has 41 heavy (non-hydrogen) atoms. The second-order valence-corrected chi connectivity index (χ2v) is 11.5. The third-order valence-electron chi connectivity index (χ3n) is 5.33. The zero-order chi connectivity index (χ0) is 30.0. The summed E-state index contributed by atoms with van der Waals surface area (Å²) in [5, 5.41) is 3.94. The van der Waals surface area contributed by atoms with Crippen molar-refractivity contribution in [3.05, 3.63) is 78.4 Å². The van der Waals surface area contributed by atoms with E-state index in [0.29, 0.717) is 17.1 Å². The van der Waals surface area contributed by atoms with Gasteiger partial charge in [0, 0.05) is 6.07 Å². The zero-order valence-electron chi connectivity index (χ0n) is 23.5. The minimum absolute atomic E-state index is 0.00292. The van der Waals surface area contributed by atoms with Gasteiger partial charge in [0.25, 0.3) is 15.9 Å². The van der Waals surface area contributed by atoms with Crippen LogP contribution in [0.2, 0.25) is 0 Å². The lowest BCUT2D eigenvalue weighted by molar-refractivity contribution is -0.157. The SMILES string of the molecule is COc1ccc(N(CC(=O)N/N=C\c2ccc(OCC(=O)OC(C)(C)C)cc2)S(=O)(=O)c2ccccc2)c(OC)c1. The number of ether oxygens (including phenoxy) is 4. The number of sulfonamides is 1. The molecule has 0 radical (unpaired) electrons. The highest BCUT2D eigenvalue weighted by Crippen LogP contribution is 2.35. The van der Waals surface area contributed by atoms with Crippen molar-refractivity contribution in [3.8, 4) is 17.2 Å². The van der Waals surface area contributed by atoms with E-state index >= 15 is 0 Å². The first-order valence-corrected chi connectivity index (χ1v) is 13.9. The van der Waals surface area contributed by atoms with E-state index in [1.165, 1.54) is 44.7 Å². The second-order valence-electron chi connectivity index (χ2n) is 9.60. The number of benzene rings is 3. The predicted molar refractivity (Wildman–Crippen MR) is 154 cm³/mol. The molecule has 0 fully saturated rings. The molecule has 12 heteroatoms. The van der Waals surface area contributed by atoms with Crippen molar-refractivity contribution in [1.29, 1.82) is 0 Å². The summed E-state index contributed by atoms with van der Waals surface area (Å²) in [7, 11) is -1.28. The molecular formula is C29H33N3O8S. The smallest absolute Gasteiger partial charge is 0.344 e. The normalized spacial score (nSPS) is 11.5. The van der Waals surface area contributed by atoms with Crippen LogP contribution in [0.25, 0.3) is 0 Å². The number of carbonyl (C=O) groups is 2. The third kappa shape index (κ3) is 8.97. The summed E-state index contributed by atoms with van der Waals surface area (Å²) in [6.45, 7) is 4.51. The van der Waals surface area contributed by atoms with Crippen molar-refractivity contribution in [2.75, 3.05) is 31.7 Å². The number of anilines is 1. The number of methoxy groups -OCH3 is 2. The number of esters is 1. The number of amides is 1. The molecule has 0 aromatic heterocycles. The Labute approximate surface area is 239 Å². The molecule has 1 amide bonds. The minimum Gasteiger partial charge on any atom is -0.497 e. The molecule has 3 rings (SSSR count). The maximum Gasteiger partial charge on any atom is 0.344 e. The molecule has 0 spiro atoms. The number of carbonyl (C=O) groups excluding carboxylic acids is 2. The summed E-state index contributed by atoms with van der Waals surface area (Å²) in [6.07, 6.45) is 1.39. The highest BCUT2D eigenvalue weighted by Gasteiger charge is 2.29. The standard InChI is InChI=1S/C29H33N3O8S/c1-29(2,3)40-28(34)20-39-22-13-11-21(12-14-22)18-30-31-27(33)19-32(41(35,36)24-9-7-6-8-10-24)25-16-15-23(37-4)17-26(25)38-5/h6-18H,19-20H2,1-5H3,(H,31,33)/b30-18-. The summed E-state index contributed by atoms with van der Waals surface area (Å²) >= 11 is 0. The van der Waals surface area contributed by atoms with Crippen LogP contribution in [0, 0.1) is 0 Å². The van der Waals surface area contributed by atoms with Crippen LogP contribution in [0.1, 0.15) is 26.3 Å². The number of hydrazone groups is 1. The molecule has 0 aliphatic carbocycles. The monoisotopic (exact) mass is 583 g/mol. The quantitative estimate of drug-likeness (QED) is 0.194. The van der Waals surface area contributed by atoms with Crippen molar-refractivity contribution >= 4 is 33.8 Å².